The minimum atomic E-state index is 0.0156. The second-order valence-electron chi connectivity index (χ2n) is 2.94. The number of amides is 1. The van der Waals surface area contributed by atoms with Gasteiger partial charge in [0.15, 0.2) is 0 Å². The summed E-state index contributed by atoms with van der Waals surface area (Å²) in [6, 6.07) is 0. The van der Waals surface area contributed by atoms with Crippen molar-refractivity contribution < 1.29 is 4.79 Å². The van der Waals surface area contributed by atoms with E-state index in [1.54, 1.807) is 22.8 Å². The topological polar surface area (TPSA) is 38.1 Å². The molecule has 4 nitrogen and oxygen atoms in total. The Morgan fingerprint density at radius 1 is 1.57 bits per heavy atom. The summed E-state index contributed by atoms with van der Waals surface area (Å²) in [7, 11) is 1.77. The van der Waals surface area contributed by atoms with Gasteiger partial charge >= 0.3 is 0 Å². The zero-order chi connectivity index (χ0) is 10.7. The van der Waals surface area contributed by atoms with E-state index in [9.17, 15) is 4.79 Å². The lowest BCUT2D eigenvalue weighted by atomic mass is 10.3. The molecule has 0 saturated heterocycles. The van der Waals surface area contributed by atoms with Crippen molar-refractivity contribution in [3.63, 3.8) is 0 Å². The highest BCUT2D eigenvalue weighted by molar-refractivity contribution is 9.10. The van der Waals surface area contributed by atoms with Crippen LogP contribution in [0.3, 0.4) is 0 Å². The van der Waals surface area contributed by atoms with Gasteiger partial charge in [-0.25, -0.2) is 0 Å². The fraction of sp³-hybridized carbons (Fsp3) is 0.556. The molecule has 0 unspecified atom stereocenters. The number of hydrogen-bond donors (Lipinski definition) is 0. The Hall–Kier alpha value is -0.840. The molecule has 14 heavy (non-hydrogen) atoms. The predicted molar refractivity (Wildman–Crippen MR) is 58.2 cm³/mol. The summed E-state index contributed by atoms with van der Waals surface area (Å²) in [6.07, 6.45) is 1.64. The van der Waals surface area contributed by atoms with Crippen LogP contribution in [0.5, 0.6) is 0 Å². The SMILES string of the molecule is CCN(CC)C(=O)c1c(Br)cnn1C. The van der Waals surface area contributed by atoms with E-state index in [0.717, 1.165) is 4.47 Å². The molecule has 1 heterocycles. The maximum atomic E-state index is 11.9. The van der Waals surface area contributed by atoms with Gasteiger partial charge < -0.3 is 4.90 Å². The smallest absolute Gasteiger partial charge is 0.273 e. The molecular formula is C9H14BrN3O. The highest BCUT2D eigenvalue weighted by Crippen LogP contribution is 2.16. The number of carbonyl (C=O) groups excluding carboxylic acids is 1. The van der Waals surface area contributed by atoms with Crippen LogP contribution in [-0.4, -0.2) is 33.7 Å². The lowest BCUT2D eigenvalue weighted by Gasteiger charge is -2.18. The highest BCUT2D eigenvalue weighted by atomic mass is 79.9. The zero-order valence-corrected chi connectivity index (χ0v) is 10.2. The lowest BCUT2D eigenvalue weighted by Crippen LogP contribution is -2.32. The van der Waals surface area contributed by atoms with Crippen molar-refractivity contribution in [2.45, 2.75) is 13.8 Å². The summed E-state index contributed by atoms with van der Waals surface area (Å²) in [4.78, 5) is 13.7. The summed E-state index contributed by atoms with van der Waals surface area (Å²) in [6.45, 7) is 5.36. The van der Waals surface area contributed by atoms with Crippen LogP contribution in [0.4, 0.5) is 0 Å². The number of halogens is 1. The fourth-order valence-corrected chi connectivity index (χ4v) is 1.83. The van der Waals surface area contributed by atoms with Gasteiger partial charge in [-0.05, 0) is 29.8 Å². The fourth-order valence-electron chi connectivity index (χ4n) is 1.31. The minimum Gasteiger partial charge on any atom is -0.338 e. The second-order valence-corrected chi connectivity index (χ2v) is 3.80. The summed E-state index contributed by atoms with van der Waals surface area (Å²) in [5.74, 6) is 0.0156. The summed E-state index contributed by atoms with van der Waals surface area (Å²) in [5.41, 5.74) is 0.605. The first-order chi connectivity index (χ1) is 6.61. The van der Waals surface area contributed by atoms with Crippen molar-refractivity contribution in [2.24, 2.45) is 7.05 Å². The molecule has 0 saturated carbocycles. The van der Waals surface area contributed by atoms with E-state index in [4.69, 9.17) is 0 Å². The predicted octanol–water partition coefficient (Wildman–Crippen LogP) is 1.66. The standard InChI is InChI=1S/C9H14BrN3O/c1-4-13(5-2)9(14)8-7(10)6-11-12(8)3/h6H,4-5H2,1-3H3. The van der Waals surface area contributed by atoms with Crippen LogP contribution in [0.2, 0.25) is 0 Å². The summed E-state index contributed by atoms with van der Waals surface area (Å²) >= 11 is 3.31. The molecule has 0 N–H and O–H groups in total. The van der Waals surface area contributed by atoms with Crippen LogP contribution in [0.1, 0.15) is 24.3 Å². The Kier molecular flexibility index (Phi) is 3.69. The van der Waals surface area contributed by atoms with Gasteiger partial charge in [0.1, 0.15) is 5.69 Å². The van der Waals surface area contributed by atoms with E-state index in [0.29, 0.717) is 18.8 Å². The molecule has 5 heteroatoms. The van der Waals surface area contributed by atoms with Gasteiger partial charge in [0.2, 0.25) is 0 Å². The third-order valence-electron chi connectivity index (χ3n) is 2.15. The molecule has 78 valence electrons. The quantitative estimate of drug-likeness (QED) is 0.829. The van der Waals surface area contributed by atoms with E-state index in [-0.39, 0.29) is 5.91 Å². The molecule has 0 aliphatic heterocycles. The molecule has 1 aromatic rings. The molecule has 0 aromatic carbocycles. The molecule has 0 atom stereocenters. The molecule has 0 bridgehead atoms. The van der Waals surface area contributed by atoms with Crippen LogP contribution in [0.15, 0.2) is 10.7 Å². The van der Waals surface area contributed by atoms with Crippen molar-refractivity contribution in [3.8, 4) is 0 Å². The molecule has 0 fully saturated rings. The molecule has 1 aromatic heterocycles. The maximum Gasteiger partial charge on any atom is 0.273 e. The van der Waals surface area contributed by atoms with E-state index in [1.807, 2.05) is 13.8 Å². The average molecular weight is 260 g/mol. The normalized spacial score (nSPS) is 10.3. The number of aryl methyl sites for hydroxylation is 1. The molecule has 0 radical (unpaired) electrons. The molecule has 0 spiro atoms. The van der Waals surface area contributed by atoms with Crippen LogP contribution >= 0.6 is 15.9 Å². The minimum absolute atomic E-state index is 0.0156. The lowest BCUT2D eigenvalue weighted by molar-refractivity contribution is 0.0761. The van der Waals surface area contributed by atoms with Crippen LogP contribution < -0.4 is 0 Å². The maximum absolute atomic E-state index is 11.9. The Balaban J connectivity index is 2.99. The van der Waals surface area contributed by atoms with E-state index in [2.05, 4.69) is 21.0 Å². The van der Waals surface area contributed by atoms with Gasteiger partial charge in [0.05, 0.1) is 10.7 Å². The third kappa shape index (κ3) is 1.97. The largest absolute Gasteiger partial charge is 0.338 e. The molecular weight excluding hydrogens is 246 g/mol. The number of aromatic nitrogens is 2. The average Bonchev–Trinajstić information content (AvgIpc) is 2.48. The second kappa shape index (κ2) is 4.59. The van der Waals surface area contributed by atoms with Gasteiger partial charge in [0, 0.05) is 20.1 Å². The van der Waals surface area contributed by atoms with E-state index >= 15 is 0 Å². The first-order valence-corrected chi connectivity index (χ1v) is 5.37. The summed E-state index contributed by atoms with van der Waals surface area (Å²) in [5, 5.41) is 4.01. The Morgan fingerprint density at radius 2 is 2.14 bits per heavy atom. The van der Waals surface area contributed by atoms with Gasteiger partial charge in [0.25, 0.3) is 5.91 Å². The van der Waals surface area contributed by atoms with Crippen molar-refractivity contribution >= 4 is 21.8 Å². The number of nitrogens with zero attached hydrogens (tertiary/aromatic N) is 3. The van der Waals surface area contributed by atoms with E-state index < -0.39 is 0 Å². The van der Waals surface area contributed by atoms with Gasteiger partial charge in [-0.3, -0.25) is 9.48 Å². The first kappa shape index (κ1) is 11.2. The monoisotopic (exact) mass is 259 g/mol. The van der Waals surface area contributed by atoms with Crippen LogP contribution in [0, 0.1) is 0 Å². The van der Waals surface area contributed by atoms with Crippen LogP contribution in [0.25, 0.3) is 0 Å². The number of carbonyl (C=O) groups is 1. The zero-order valence-electron chi connectivity index (χ0n) is 8.62. The Labute approximate surface area is 92.0 Å². The number of hydrogen-bond acceptors (Lipinski definition) is 2. The Morgan fingerprint density at radius 3 is 2.50 bits per heavy atom. The number of rotatable bonds is 3. The molecule has 1 amide bonds. The van der Waals surface area contributed by atoms with E-state index in [1.165, 1.54) is 0 Å². The van der Waals surface area contributed by atoms with Gasteiger partial charge in [-0.1, -0.05) is 0 Å². The van der Waals surface area contributed by atoms with Crippen molar-refractivity contribution in [1.29, 1.82) is 0 Å². The van der Waals surface area contributed by atoms with Gasteiger partial charge in [-0.2, -0.15) is 5.10 Å². The molecule has 0 aliphatic carbocycles. The summed E-state index contributed by atoms with van der Waals surface area (Å²) < 4.78 is 2.34. The Bertz CT molecular complexity index is 311. The van der Waals surface area contributed by atoms with Crippen LogP contribution in [-0.2, 0) is 7.05 Å². The first-order valence-electron chi connectivity index (χ1n) is 4.58. The van der Waals surface area contributed by atoms with Gasteiger partial charge in [-0.15, -0.1) is 0 Å². The van der Waals surface area contributed by atoms with Crippen molar-refractivity contribution in [1.82, 2.24) is 14.7 Å². The van der Waals surface area contributed by atoms with Crippen molar-refractivity contribution in [2.75, 3.05) is 13.1 Å². The third-order valence-corrected chi connectivity index (χ3v) is 2.73. The molecule has 0 aliphatic rings. The highest BCUT2D eigenvalue weighted by Gasteiger charge is 2.19. The van der Waals surface area contributed by atoms with Crippen molar-refractivity contribution in [3.05, 3.63) is 16.4 Å². The molecule has 1 rings (SSSR count).